The smallest absolute Gasteiger partial charge is 0.329 e. The molecule has 108 valence electrons. The zero-order valence-corrected chi connectivity index (χ0v) is 11.4. The number of carboxylic acids is 1. The number of nitrogens with two attached hydrogens (primary N) is 1. The van der Waals surface area contributed by atoms with Gasteiger partial charge in [-0.2, -0.15) is 0 Å². The lowest BCUT2D eigenvalue weighted by Crippen LogP contribution is -2.62. The molecule has 0 aromatic rings. The Kier molecular flexibility index (Phi) is 4.13. The number of hydrogen-bond donors (Lipinski definition) is 3. The molecule has 0 bridgehead atoms. The number of nitrogens with one attached hydrogen (secondary N) is 1. The Labute approximate surface area is 113 Å². The first-order chi connectivity index (χ1) is 8.99. The number of carbonyl (C=O) groups excluding carboxylic acids is 1. The van der Waals surface area contributed by atoms with Crippen LogP contribution in [0.2, 0.25) is 0 Å². The molecule has 0 atom stereocenters. The Morgan fingerprint density at radius 3 is 1.84 bits per heavy atom. The molecule has 5 heteroatoms. The van der Waals surface area contributed by atoms with Gasteiger partial charge >= 0.3 is 5.97 Å². The van der Waals surface area contributed by atoms with E-state index in [0.717, 1.165) is 38.5 Å². The summed E-state index contributed by atoms with van der Waals surface area (Å²) in [7, 11) is 0. The van der Waals surface area contributed by atoms with Crippen molar-refractivity contribution in [3.8, 4) is 0 Å². The molecule has 2 saturated carbocycles. The van der Waals surface area contributed by atoms with E-state index in [4.69, 9.17) is 5.73 Å². The molecule has 1 amide bonds. The lowest BCUT2D eigenvalue weighted by Gasteiger charge is -2.33. The van der Waals surface area contributed by atoms with E-state index in [-0.39, 0.29) is 5.91 Å². The van der Waals surface area contributed by atoms with Gasteiger partial charge in [0.05, 0.1) is 5.54 Å². The summed E-state index contributed by atoms with van der Waals surface area (Å²) in [5.41, 5.74) is 4.17. The SMILES string of the molecule is NC1(C(=O)NC2(C(=O)O)CCCCCC2)CCCC1. The quantitative estimate of drug-likeness (QED) is 0.677. The zero-order chi connectivity index (χ0) is 13.9. The highest BCUT2D eigenvalue weighted by Gasteiger charge is 2.45. The van der Waals surface area contributed by atoms with Crippen molar-refractivity contribution in [3.05, 3.63) is 0 Å². The molecule has 0 saturated heterocycles. The van der Waals surface area contributed by atoms with Gasteiger partial charge < -0.3 is 16.2 Å². The summed E-state index contributed by atoms with van der Waals surface area (Å²) < 4.78 is 0. The molecule has 0 aromatic carbocycles. The molecule has 2 rings (SSSR count). The van der Waals surface area contributed by atoms with Crippen molar-refractivity contribution >= 4 is 11.9 Å². The van der Waals surface area contributed by atoms with Gasteiger partial charge in [-0.15, -0.1) is 0 Å². The van der Waals surface area contributed by atoms with Crippen molar-refractivity contribution in [2.75, 3.05) is 0 Å². The van der Waals surface area contributed by atoms with E-state index >= 15 is 0 Å². The van der Waals surface area contributed by atoms with Gasteiger partial charge in [0, 0.05) is 0 Å². The predicted molar refractivity (Wildman–Crippen MR) is 71.6 cm³/mol. The van der Waals surface area contributed by atoms with Crippen LogP contribution in [0.5, 0.6) is 0 Å². The molecule has 4 N–H and O–H groups in total. The molecular weight excluding hydrogens is 244 g/mol. The fourth-order valence-corrected chi connectivity index (χ4v) is 3.30. The van der Waals surface area contributed by atoms with Gasteiger partial charge in [-0.3, -0.25) is 4.79 Å². The third-order valence-corrected chi connectivity index (χ3v) is 4.67. The van der Waals surface area contributed by atoms with Crippen LogP contribution in [-0.4, -0.2) is 28.1 Å². The van der Waals surface area contributed by atoms with Crippen LogP contribution in [0.3, 0.4) is 0 Å². The number of rotatable bonds is 3. The molecular formula is C14H24N2O3. The van der Waals surface area contributed by atoms with E-state index < -0.39 is 17.0 Å². The molecule has 5 nitrogen and oxygen atoms in total. The monoisotopic (exact) mass is 268 g/mol. The highest BCUT2D eigenvalue weighted by molar-refractivity contribution is 5.92. The van der Waals surface area contributed by atoms with Crippen LogP contribution in [0.25, 0.3) is 0 Å². The van der Waals surface area contributed by atoms with Crippen LogP contribution in [0.15, 0.2) is 0 Å². The van der Waals surface area contributed by atoms with E-state index in [2.05, 4.69) is 5.32 Å². The third kappa shape index (κ3) is 2.91. The first-order valence-electron chi connectivity index (χ1n) is 7.33. The molecule has 2 aliphatic rings. The Morgan fingerprint density at radius 1 is 0.895 bits per heavy atom. The lowest BCUT2D eigenvalue weighted by molar-refractivity contribution is -0.149. The van der Waals surface area contributed by atoms with E-state index in [9.17, 15) is 14.7 Å². The van der Waals surface area contributed by atoms with Gasteiger partial charge in [-0.25, -0.2) is 4.79 Å². The average molecular weight is 268 g/mol. The van der Waals surface area contributed by atoms with Gasteiger partial charge in [0.2, 0.25) is 5.91 Å². The standard InChI is InChI=1S/C14H24N2O3/c15-13(7-5-6-8-13)11(17)16-14(12(18)19)9-3-1-2-4-10-14/h1-10,15H2,(H,16,17)(H,18,19). The molecule has 0 aliphatic heterocycles. The Balaban J connectivity index is 2.11. The second-order valence-corrected chi connectivity index (χ2v) is 6.12. The second kappa shape index (κ2) is 5.49. The second-order valence-electron chi connectivity index (χ2n) is 6.12. The molecule has 0 unspecified atom stereocenters. The molecule has 19 heavy (non-hydrogen) atoms. The molecule has 0 heterocycles. The van der Waals surface area contributed by atoms with Crippen LogP contribution < -0.4 is 11.1 Å². The van der Waals surface area contributed by atoms with Gasteiger partial charge in [0.1, 0.15) is 5.54 Å². The number of carbonyl (C=O) groups is 2. The number of carboxylic acid groups (broad SMARTS) is 1. The third-order valence-electron chi connectivity index (χ3n) is 4.67. The normalized spacial score (nSPS) is 25.5. The molecule has 2 fully saturated rings. The van der Waals surface area contributed by atoms with Gasteiger partial charge in [0.25, 0.3) is 0 Å². The first kappa shape index (κ1) is 14.3. The average Bonchev–Trinajstić information content (AvgIpc) is 2.67. The minimum absolute atomic E-state index is 0.269. The van der Waals surface area contributed by atoms with Crippen LogP contribution in [0, 0.1) is 0 Å². The minimum Gasteiger partial charge on any atom is -0.480 e. The maximum Gasteiger partial charge on any atom is 0.329 e. The van der Waals surface area contributed by atoms with Crippen LogP contribution >= 0.6 is 0 Å². The highest BCUT2D eigenvalue weighted by Crippen LogP contribution is 2.31. The van der Waals surface area contributed by atoms with E-state index in [0.29, 0.717) is 25.7 Å². The topological polar surface area (TPSA) is 92.4 Å². The van der Waals surface area contributed by atoms with Gasteiger partial charge in [-0.05, 0) is 25.7 Å². The van der Waals surface area contributed by atoms with E-state index in [1.807, 2.05) is 0 Å². The molecule has 2 aliphatic carbocycles. The van der Waals surface area contributed by atoms with Crippen LogP contribution in [0.4, 0.5) is 0 Å². The van der Waals surface area contributed by atoms with Crippen molar-refractivity contribution in [2.45, 2.75) is 75.3 Å². The Bertz CT molecular complexity index is 354. The number of amides is 1. The lowest BCUT2D eigenvalue weighted by atomic mass is 9.88. The maximum atomic E-state index is 12.4. The summed E-state index contributed by atoms with van der Waals surface area (Å²) in [6, 6.07) is 0. The largest absolute Gasteiger partial charge is 0.480 e. The van der Waals surface area contributed by atoms with Crippen molar-refractivity contribution in [3.63, 3.8) is 0 Å². The number of aliphatic carboxylic acids is 1. The highest BCUT2D eigenvalue weighted by atomic mass is 16.4. The Morgan fingerprint density at radius 2 is 1.37 bits per heavy atom. The van der Waals surface area contributed by atoms with Crippen molar-refractivity contribution in [1.82, 2.24) is 5.32 Å². The van der Waals surface area contributed by atoms with Gasteiger partial charge in [0.15, 0.2) is 0 Å². The summed E-state index contributed by atoms with van der Waals surface area (Å²) in [6.07, 6.45) is 8.04. The predicted octanol–water partition coefficient (Wildman–Crippen LogP) is 1.55. The van der Waals surface area contributed by atoms with Crippen molar-refractivity contribution in [2.24, 2.45) is 5.73 Å². The Hall–Kier alpha value is -1.10. The van der Waals surface area contributed by atoms with Crippen LogP contribution in [-0.2, 0) is 9.59 Å². The summed E-state index contributed by atoms with van der Waals surface area (Å²) in [5, 5.41) is 12.3. The fraction of sp³-hybridized carbons (Fsp3) is 0.857. The maximum absolute atomic E-state index is 12.4. The fourth-order valence-electron chi connectivity index (χ4n) is 3.30. The van der Waals surface area contributed by atoms with Gasteiger partial charge in [-0.1, -0.05) is 38.5 Å². The van der Waals surface area contributed by atoms with E-state index in [1.54, 1.807) is 0 Å². The zero-order valence-electron chi connectivity index (χ0n) is 11.4. The molecule has 0 spiro atoms. The summed E-state index contributed by atoms with van der Waals surface area (Å²) in [4.78, 5) is 24.0. The summed E-state index contributed by atoms with van der Waals surface area (Å²) >= 11 is 0. The minimum atomic E-state index is -1.09. The molecule has 0 radical (unpaired) electrons. The van der Waals surface area contributed by atoms with E-state index in [1.165, 1.54) is 0 Å². The molecule has 0 aromatic heterocycles. The van der Waals surface area contributed by atoms with Crippen molar-refractivity contribution < 1.29 is 14.7 Å². The van der Waals surface area contributed by atoms with Crippen LogP contribution in [0.1, 0.15) is 64.2 Å². The summed E-state index contributed by atoms with van der Waals surface area (Å²) in [6.45, 7) is 0. The number of hydrogen-bond acceptors (Lipinski definition) is 3. The first-order valence-corrected chi connectivity index (χ1v) is 7.33. The van der Waals surface area contributed by atoms with Crippen molar-refractivity contribution in [1.29, 1.82) is 0 Å². The summed E-state index contributed by atoms with van der Waals surface area (Å²) in [5.74, 6) is -1.18.